The zero-order valence-electron chi connectivity index (χ0n) is 47.4. The molecule has 444 valence electrons. The second-order valence-corrected chi connectivity index (χ2v) is 24.5. The first-order valence-corrected chi connectivity index (χ1v) is 30.2. The number of hydrogen-bond acceptors (Lipinski definition) is 14. The van der Waals surface area contributed by atoms with Crippen LogP contribution in [0.3, 0.4) is 0 Å². The van der Waals surface area contributed by atoms with E-state index in [0.29, 0.717) is 36.2 Å². The van der Waals surface area contributed by atoms with Crippen molar-refractivity contribution in [3.63, 3.8) is 0 Å². The molecule has 2 saturated heterocycles. The van der Waals surface area contributed by atoms with Gasteiger partial charge in [0.25, 0.3) is 0 Å². The van der Waals surface area contributed by atoms with Crippen LogP contribution in [0.2, 0.25) is 0 Å². The van der Waals surface area contributed by atoms with E-state index in [-0.39, 0.29) is 68.4 Å². The smallest absolute Gasteiger partial charge is 0.407 e. The minimum absolute atomic E-state index is 0.0397. The lowest BCUT2D eigenvalue weighted by Gasteiger charge is -2.34. The fraction of sp³-hybridized carbons (Fsp3) is 0.450. The zero-order chi connectivity index (χ0) is 59.6. The van der Waals surface area contributed by atoms with Gasteiger partial charge < -0.3 is 61.6 Å². The summed E-state index contributed by atoms with van der Waals surface area (Å²) >= 11 is 0. The Morgan fingerprint density at radius 2 is 1.34 bits per heavy atom. The number of phenolic OH excluding ortho intramolecular Hbond substituents is 1. The summed E-state index contributed by atoms with van der Waals surface area (Å²) in [5.41, 5.74) is 1.76. The van der Waals surface area contributed by atoms with Gasteiger partial charge in [0.2, 0.25) is 41.4 Å². The lowest BCUT2D eigenvalue weighted by atomic mass is 9.99. The number of aliphatic hydroxyl groups excluding tert-OH is 1. The van der Waals surface area contributed by atoms with Crippen LogP contribution in [0, 0.1) is 0 Å². The molecule has 2 aliphatic rings. The summed E-state index contributed by atoms with van der Waals surface area (Å²) in [6.07, 6.45) is 2.47. The number of alkyl carbamates (subject to hydrolysis) is 1. The van der Waals surface area contributed by atoms with Gasteiger partial charge in [0, 0.05) is 80.9 Å². The van der Waals surface area contributed by atoms with Crippen LogP contribution in [0.5, 0.6) is 5.75 Å². The third-order valence-corrected chi connectivity index (χ3v) is 17.2. The van der Waals surface area contributed by atoms with Crippen molar-refractivity contribution in [2.24, 2.45) is 0 Å². The summed E-state index contributed by atoms with van der Waals surface area (Å²) in [6.45, 7) is 7.55. The lowest BCUT2D eigenvalue weighted by molar-refractivity contribution is -0.144. The van der Waals surface area contributed by atoms with E-state index in [9.17, 15) is 34.2 Å². The minimum atomic E-state index is -1.68. The number of H-pyrrole nitrogens is 1. The fourth-order valence-corrected chi connectivity index (χ4v) is 12.3. The molecular weight excluding hydrogens is 1100 g/mol. The van der Waals surface area contributed by atoms with Gasteiger partial charge in [-0.3, -0.25) is 33.6 Å². The second kappa shape index (κ2) is 30.1. The maximum absolute atomic E-state index is 15.2. The quantitative estimate of drug-likeness (QED) is 0.0419. The Balaban J connectivity index is 1.23. The number of piperidine rings is 1. The van der Waals surface area contributed by atoms with Gasteiger partial charge in [0.15, 0.2) is 0 Å². The van der Waals surface area contributed by atoms with Crippen molar-refractivity contribution >= 4 is 79.9 Å². The molecule has 0 radical (unpaired) electrons. The summed E-state index contributed by atoms with van der Waals surface area (Å²) in [4.78, 5) is 127. The Kier molecular flexibility index (Phi) is 22.8. The lowest BCUT2D eigenvalue weighted by Crippen LogP contribution is -2.63. The van der Waals surface area contributed by atoms with E-state index in [4.69, 9.17) is 4.74 Å². The fourth-order valence-electron chi connectivity index (χ4n) is 9.87. The van der Waals surface area contributed by atoms with E-state index >= 15 is 14.4 Å². The van der Waals surface area contributed by atoms with E-state index in [1.807, 2.05) is 42.5 Å². The van der Waals surface area contributed by atoms with Gasteiger partial charge in [-0.15, -0.1) is 0 Å². The number of aromatic hydroxyl groups is 1. The predicted octanol–water partition coefficient (Wildman–Crippen LogP) is 4.85. The molecule has 0 spiro atoms. The number of aromatic nitrogens is 2. The number of carbonyl (C=O) groups excluding carboxylic acids is 8. The van der Waals surface area contributed by atoms with Crippen molar-refractivity contribution in [3.05, 3.63) is 126 Å². The van der Waals surface area contributed by atoms with Crippen LogP contribution in [0.1, 0.15) is 89.3 Å². The molecule has 8 amide bonds. The van der Waals surface area contributed by atoms with Crippen molar-refractivity contribution in [1.29, 1.82) is 0 Å². The standard InChI is InChI=1S/C60H76N10O11S2/c1-37(71)52-57(78)67-48(34-38-15-7-6-8-16-38)58(79)69(5)49(25-26-51(73)70-31-27-42(28-32-70)82-83-50-20-12-14-29-61-50)56(77)66-46(33-39-21-23-41(72)24-22-39)54(75)65-47(35-40-36-63-44-18-10-9-17-43(40)44)55(76)64-45(53(74)68-52)19-11-13-30-62-59(80)81-60(2,3)4/h6-10,12,14-18,20-24,29,36-37,42,45-49,52,63,71-72H,11,13,19,25-28,30-35H2,1-5H3,(H,62,80)(H,64,76)(H,65,75)(H,66,77)(H,67,78)(H,68,74)/t37-,45+,46+,47-,48+,49+,52+/m1/s1. The number of likely N-dealkylation sites (N-methyl/N-ethyl adjacent to an activating group) is 1. The number of benzene rings is 3. The van der Waals surface area contributed by atoms with Gasteiger partial charge in [-0.25, -0.2) is 9.78 Å². The minimum Gasteiger partial charge on any atom is -0.508 e. The Morgan fingerprint density at radius 3 is 2.02 bits per heavy atom. The van der Waals surface area contributed by atoms with Gasteiger partial charge >= 0.3 is 6.09 Å². The van der Waals surface area contributed by atoms with Crippen molar-refractivity contribution in [2.45, 2.75) is 150 Å². The molecule has 0 unspecified atom stereocenters. The first-order valence-electron chi connectivity index (χ1n) is 28.0. The normalized spacial score (nSPS) is 21.4. The summed E-state index contributed by atoms with van der Waals surface area (Å²) in [7, 11) is 4.66. The molecule has 0 saturated carbocycles. The summed E-state index contributed by atoms with van der Waals surface area (Å²) in [5.74, 6) is -5.28. The Hall–Kier alpha value is -7.63. The van der Waals surface area contributed by atoms with E-state index < -0.39 is 89.5 Å². The number of nitrogens with one attached hydrogen (secondary N) is 7. The number of nitrogens with zero attached hydrogens (tertiary/aromatic N) is 3. The molecule has 4 heterocycles. The molecule has 0 aliphatic carbocycles. The number of ether oxygens (including phenoxy) is 1. The van der Waals surface area contributed by atoms with Crippen LogP contribution in [0.15, 0.2) is 114 Å². The number of para-hydroxylation sites is 1. The molecule has 0 bridgehead atoms. The number of aromatic amines is 1. The number of unbranched alkanes of at least 4 members (excludes halogenated alkanes) is 1. The zero-order valence-corrected chi connectivity index (χ0v) is 49.1. The summed E-state index contributed by atoms with van der Waals surface area (Å²) in [6, 6.07) is 19.1. The van der Waals surface area contributed by atoms with Crippen LogP contribution < -0.4 is 31.9 Å². The second-order valence-electron chi connectivity index (χ2n) is 22.0. The number of fused-ring (bicyclic) bond motifs is 1. The first-order chi connectivity index (χ1) is 39.7. The third kappa shape index (κ3) is 18.9. The van der Waals surface area contributed by atoms with Gasteiger partial charge in [-0.2, -0.15) is 0 Å². The highest BCUT2D eigenvalue weighted by Crippen LogP contribution is 2.37. The molecule has 2 aliphatic heterocycles. The van der Waals surface area contributed by atoms with Crippen LogP contribution in [0.25, 0.3) is 10.9 Å². The predicted molar refractivity (Wildman–Crippen MR) is 316 cm³/mol. The van der Waals surface area contributed by atoms with Crippen molar-refractivity contribution < 1.29 is 53.3 Å². The molecule has 9 N–H and O–H groups in total. The van der Waals surface area contributed by atoms with Gasteiger partial charge in [-0.05, 0) is 124 Å². The van der Waals surface area contributed by atoms with Crippen LogP contribution in [-0.2, 0) is 57.6 Å². The van der Waals surface area contributed by atoms with Crippen molar-refractivity contribution in [1.82, 2.24) is 51.7 Å². The highest BCUT2D eigenvalue weighted by atomic mass is 33.1. The van der Waals surface area contributed by atoms with Crippen molar-refractivity contribution in [3.8, 4) is 5.75 Å². The largest absolute Gasteiger partial charge is 0.508 e. The number of likely N-dealkylation sites (tertiary alicyclic amines) is 1. The monoisotopic (exact) mass is 1180 g/mol. The molecule has 3 aromatic carbocycles. The molecule has 7 rings (SSSR count). The Morgan fingerprint density at radius 1 is 0.723 bits per heavy atom. The Labute approximate surface area is 491 Å². The highest BCUT2D eigenvalue weighted by molar-refractivity contribution is 8.76. The average molecular weight is 1180 g/mol. The average Bonchev–Trinajstić information content (AvgIpc) is 4.10. The Bertz CT molecular complexity index is 3010. The third-order valence-electron chi connectivity index (χ3n) is 14.4. The van der Waals surface area contributed by atoms with Gasteiger partial charge in [0.1, 0.15) is 52.6 Å². The SMILES string of the molecule is C[C@@H](O)[C@@H]1NC(=O)[C@H](CCCCNC(=O)OC(C)(C)C)NC(=O)[C@@H](Cc2c[nH]c3ccccc23)NC(=O)[C@H](Cc2ccc(O)cc2)NC(=O)[C@H](CCC(=O)N2CCC(SSc3ccccn3)CC2)N(C)C(=O)[C@H](Cc2ccccc2)NC1=O. The number of carbonyl (C=O) groups is 8. The van der Waals surface area contributed by atoms with Gasteiger partial charge in [-0.1, -0.05) is 77.5 Å². The molecule has 83 heavy (non-hydrogen) atoms. The first kappa shape index (κ1) is 63.0. The molecule has 23 heteroatoms. The number of aliphatic hydroxyl groups is 1. The molecule has 2 fully saturated rings. The van der Waals surface area contributed by atoms with Crippen molar-refractivity contribution in [2.75, 3.05) is 26.7 Å². The molecule has 5 aromatic rings. The maximum Gasteiger partial charge on any atom is 0.407 e. The molecule has 21 nitrogen and oxygen atoms in total. The maximum atomic E-state index is 15.2. The molecular formula is C60H76N10O11S2. The van der Waals surface area contributed by atoms with E-state index in [0.717, 1.165) is 33.7 Å². The number of rotatable bonds is 18. The van der Waals surface area contributed by atoms with Crippen LogP contribution >= 0.6 is 21.6 Å². The van der Waals surface area contributed by atoms with E-state index in [2.05, 4.69) is 41.9 Å². The summed E-state index contributed by atoms with van der Waals surface area (Å²) in [5, 5.41) is 39.9. The highest BCUT2D eigenvalue weighted by Gasteiger charge is 2.39. The molecule has 2 aromatic heterocycles. The van der Waals surface area contributed by atoms with Crippen LogP contribution in [-0.4, -0.2) is 157 Å². The van der Waals surface area contributed by atoms with E-state index in [1.54, 1.807) is 102 Å². The topological polar surface area (TPSA) is 294 Å². The van der Waals surface area contributed by atoms with Gasteiger partial charge in [0.05, 0.1) is 6.10 Å². The number of pyridine rings is 1. The number of amides is 8. The summed E-state index contributed by atoms with van der Waals surface area (Å²) < 4.78 is 5.35. The van der Waals surface area contributed by atoms with E-state index in [1.165, 1.54) is 26.1 Å². The van der Waals surface area contributed by atoms with Crippen LogP contribution in [0.4, 0.5) is 4.79 Å². The number of phenols is 1. The number of hydrogen-bond donors (Lipinski definition) is 9. The molecule has 7 atom stereocenters.